The number of amides is 1. The lowest BCUT2D eigenvalue weighted by atomic mass is 9.83. The second kappa shape index (κ2) is 14.6. The Morgan fingerprint density at radius 3 is 2.24 bits per heavy atom. The zero-order valence-electron chi connectivity index (χ0n) is 23.0. The predicted molar refractivity (Wildman–Crippen MR) is 150 cm³/mol. The van der Waals surface area contributed by atoms with Gasteiger partial charge in [-0.25, -0.2) is 12.8 Å². The van der Waals surface area contributed by atoms with E-state index in [-0.39, 0.29) is 36.7 Å². The zero-order valence-corrected chi connectivity index (χ0v) is 23.8. The first-order valence-corrected chi connectivity index (χ1v) is 14.9. The number of benzene rings is 2. The van der Waals surface area contributed by atoms with Crippen molar-refractivity contribution in [1.29, 1.82) is 0 Å². The smallest absolute Gasteiger partial charge is 0.370 e. The number of hydrogen-bond donors (Lipinski definition) is 2. The number of sulfonamides is 1. The molecule has 2 aromatic carbocycles. The molecule has 0 aromatic heterocycles. The number of carbonyl (C=O) groups excluding carboxylic acids is 1. The Bertz CT molecular complexity index is 1310. The Labute approximate surface area is 238 Å². The number of rotatable bonds is 14. The Hall–Kier alpha value is -3.25. The van der Waals surface area contributed by atoms with Crippen LogP contribution >= 0.6 is 0 Å². The van der Waals surface area contributed by atoms with Gasteiger partial charge in [-0.05, 0) is 66.3 Å². The second-order valence-corrected chi connectivity index (χ2v) is 12.0. The summed E-state index contributed by atoms with van der Waals surface area (Å²) in [4.78, 5) is 16.1. The zero-order chi connectivity index (χ0) is 30.0. The van der Waals surface area contributed by atoms with E-state index in [1.807, 2.05) is 0 Å². The highest BCUT2D eigenvalue weighted by Crippen LogP contribution is 2.30. The van der Waals surface area contributed by atoms with Crippen molar-refractivity contribution in [2.24, 2.45) is 10.9 Å². The maximum absolute atomic E-state index is 13.4. The lowest BCUT2D eigenvalue weighted by Crippen LogP contribution is -2.35. The molecule has 0 bridgehead atoms. The Morgan fingerprint density at radius 2 is 1.68 bits per heavy atom. The van der Waals surface area contributed by atoms with Gasteiger partial charge in [-0.3, -0.25) is 9.79 Å². The van der Waals surface area contributed by atoms with Gasteiger partial charge in [0.15, 0.2) is 0 Å². The molecule has 1 fully saturated rings. The summed E-state index contributed by atoms with van der Waals surface area (Å²) in [6, 6.07) is 8.56. The minimum absolute atomic E-state index is 0.0675. The van der Waals surface area contributed by atoms with Crippen LogP contribution in [0, 0.1) is 11.7 Å². The van der Waals surface area contributed by atoms with Gasteiger partial charge in [0.25, 0.3) is 0 Å². The van der Waals surface area contributed by atoms with Crippen LogP contribution in [0.3, 0.4) is 0 Å². The molecule has 1 amide bonds. The second-order valence-electron chi connectivity index (χ2n) is 10.0. The highest BCUT2D eigenvalue weighted by molar-refractivity contribution is 7.89. The monoisotopic (exact) mass is 596 g/mol. The Balaban J connectivity index is 1.62. The van der Waals surface area contributed by atoms with Gasteiger partial charge in [0.2, 0.25) is 15.9 Å². The summed E-state index contributed by atoms with van der Waals surface area (Å²) in [6.07, 6.45) is 0.559. The topological polar surface area (TPSA) is 90.9 Å². The molecule has 0 heterocycles. The van der Waals surface area contributed by atoms with Crippen LogP contribution in [0.5, 0.6) is 0 Å². The van der Waals surface area contributed by atoms with Crippen LogP contribution in [-0.2, 0) is 27.5 Å². The quantitative estimate of drug-likeness (QED) is 0.176. The molecular weight excluding hydrogens is 560 g/mol. The van der Waals surface area contributed by atoms with Gasteiger partial charge >= 0.3 is 6.18 Å². The minimum atomic E-state index is -4.52. The van der Waals surface area contributed by atoms with Crippen molar-refractivity contribution in [3.63, 3.8) is 0 Å². The molecule has 0 unspecified atom stereocenters. The fourth-order valence-corrected chi connectivity index (χ4v) is 5.79. The van der Waals surface area contributed by atoms with Crippen LogP contribution in [-0.4, -0.2) is 51.1 Å². The van der Waals surface area contributed by atoms with E-state index in [9.17, 15) is 30.8 Å². The van der Waals surface area contributed by atoms with E-state index in [4.69, 9.17) is 0 Å². The molecule has 0 radical (unpaired) electrons. The van der Waals surface area contributed by atoms with E-state index in [0.717, 1.165) is 47.1 Å². The Morgan fingerprint density at radius 1 is 1.02 bits per heavy atom. The summed E-state index contributed by atoms with van der Waals surface area (Å²) in [7, 11) is -2.59. The lowest BCUT2D eigenvalue weighted by molar-refractivity contribution is -0.137. The van der Waals surface area contributed by atoms with Crippen LogP contribution in [0.25, 0.3) is 0 Å². The molecule has 0 atom stereocenters. The number of nitrogens with zero attached hydrogens (tertiary/aromatic N) is 2. The number of carbonyl (C=O) groups is 1. The van der Waals surface area contributed by atoms with Gasteiger partial charge in [-0.1, -0.05) is 38.0 Å². The van der Waals surface area contributed by atoms with Gasteiger partial charge in [0.05, 0.1) is 10.5 Å². The molecule has 0 saturated heterocycles. The number of alkyl halides is 3. The molecule has 3 rings (SSSR count). The summed E-state index contributed by atoms with van der Waals surface area (Å²) in [6.45, 7) is 4.69. The van der Waals surface area contributed by atoms with Gasteiger partial charge in [0, 0.05) is 39.6 Å². The lowest BCUT2D eigenvalue weighted by Gasteiger charge is -2.25. The van der Waals surface area contributed by atoms with Gasteiger partial charge < -0.3 is 10.6 Å². The molecule has 2 N–H and O–H groups in total. The molecule has 12 heteroatoms. The van der Waals surface area contributed by atoms with Crippen molar-refractivity contribution < 1.29 is 30.8 Å². The van der Waals surface area contributed by atoms with Crippen LogP contribution in [0.15, 0.2) is 70.6 Å². The fourth-order valence-electron chi connectivity index (χ4n) is 4.36. The molecule has 7 nitrogen and oxygen atoms in total. The third-order valence-electron chi connectivity index (χ3n) is 7.06. The maximum atomic E-state index is 13.4. The summed E-state index contributed by atoms with van der Waals surface area (Å²) in [5.74, 6) is 0.446. The molecule has 224 valence electrons. The standard InChI is InChI=1S/C29H36F4N4O3S/c1-21(28(34-2)36-18-15-27(38)35-17-14-22-4-3-5-22)16-19-37(41(39,40)26-12-10-25(30)11-13-26)20-23-6-8-24(9-7-23)29(31,32)33/h6-13,22H,1,3-5,14-20H2,2H3,(H,34,36)(H,35,38). The van der Waals surface area contributed by atoms with E-state index in [1.54, 1.807) is 7.05 Å². The first kappa shape index (κ1) is 32.3. The summed E-state index contributed by atoms with van der Waals surface area (Å²) >= 11 is 0. The molecule has 1 aliphatic carbocycles. The number of halogens is 4. The number of aliphatic imine (C=N–C) groups is 1. The van der Waals surface area contributed by atoms with Gasteiger partial charge in [-0.2, -0.15) is 17.5 Å². The average Bonchev–Trinajstić information content (AvgIpc) is 2.90. The molecule has 1 aliphatic rings. The van der Waals surface area contributed by atoms with Crippen molar-refractivity contribution >= 4 is 21.8 Å². The van der Waals surface area contributed by atoms with E-state index >= 15 is 0 Å². The molecular formula is C29H36F4N4O3S. The minimum Gasteiger partial charge on any atom is -0.370 e. The maximum Gasteiger partial charge on any atom is 0.416 e. The normalized spacial score (nSPS) is 14.5. The van der Waals surface area contributed by atoms with Crippen molar-refractivity contribution in [2.45, 2.75) is 56.1 Å². The number of hydrogen-bond acceptors (Lipinski definition) is 4. The van der Waals surface area contributed by atoms with Crippen molar-refractivity contribution in [1.82, 2.24) is 14.9 Å². The van der Waals surface area contributed by atoms with Crippen molar-refractivity contribution in [3.05, 3.63) is 77.6 Å². The largest absolute Gasteiger partial charge is 0.416 e. The van der Waals surface area contributed by atoms with E-state index in [0.29, 0.717) is 36.0 Å². The number of amidine groups is 1. The summed E-state index contributed by atoms with van der Waals surface area (Å²) in [5, 5.41) is 5.98. The van der Waals surface area contributed by atoms with Crippen LogP contribution in [0.1, 0.15) is 49.7 Å². The van der Waals surface area contributed by atoms with E-state index in [2.05, 4.69) is 22.2 Å². The summed E-state index contributed by atoms with van der Waals surface area (Å²) in [5.41, 5.74) is -0.00534. The predicted octanol–water partition coefficient (Wildman–Crippen LogP) is 5.30. The first-order valence-electron chi connectivity index (χ1n) is 13.5. The van der Waals surface area contributed by atoms with E-state index in [1.165, 1.54) is 31.4 Å². The third kappa shape index (κ3) is 9.67. The van der Waals surface area contributed by atoms with Crippen LogP contribution in [0.2, 0.25) is 0 Å². The molecule has 41 heavy (non-hydrogen) atoms. The first-order chi connectivity index (χ1) is 19.4. The van der Waals surface area contributed by atoms with Crippen molar-refractivity contribution in [3.8, 4) is 0 Å². The fraction of sp³-hybridized carbons (Fsp3) is 0.448. The highest BCUT2D eigenvalue weighted by atomic mass is 32.2. The van der Waals surface area contributed by atoms with Gasteiger partial charge in [-0.15, -0.1) is 0 Å². The molecule has 1 saturated carbocycles. The van der Waals surface area contributed by atoms with Crippen LogP contribution in [0.4, 0.5) is 17.6 Å². The Kier molecular flexibility index (Phi) is 11.5. The molecule has 0 aliphatic heterocycles. The van der Waals surface area contributed by atoms with Crippen molar-refractivity contribution in [2.75, 3.05) is 26.7 Å². The molecule has 0 spiro atoms. The van der Waals surface area contributed by atoms with Gasteiger partial charge in [0.1, 0.15) is 11.7 Å². The highest BCUT2D eigenvalue weighted by Gasteiger charge is 2.30. The third-order valence-corrected chi connectivity index (χ3v) is 8.92. The SMILES string of the molecule is C=C(CCN(Cc1ccc(C(F)(F)F)cc1)S(=O)(=O)c1ccc(F)cc1)C(=NC)NCCC(=O)NCCC1CCC1. The summed E-state index contributed by atoms with van der Waals surface area (Å²) < 4.78 is 80.4. The number of nitrogens with one attached hydrogen (secondary N) is 2. The average molecular weight is 597 g/mol. The van der Waals surface area contributed by atoms with Crippen LogP contribution < -0.4 is 10.6 Å². The molecule has 2 aromatic rings. The van der Waals surface area contributed by atoms with E-state index < -0.39 is 27.6 Å².